The third kappa shape index (κ3) is 1.54. The SMILES string of the molecule is COc1ccc2c(O)ncc(OC)c2c1. The summed E-state index contributed by atoms with van der Waals surface area (Å²) in [6, 6.07) is 5.32. The number of hydrogen-bond donors (Lipinski definition) is 1. The minimum atomic E-state index is -0.00606. The van der Waals surface area contributed by atoms with E-state index in [2.05, 4.69) is 4.98 Å². The molecule has 0 saturated heterocycles. The Kier molecular flexibility index (Phi) is 2.33. The van der Waals surface area contributed by atoms with E-state index in [-0.39, 0.29) is 5.88 Å². The van der Waals surface area contributed by atoms with E-state index >= 15 is 0 Å². The van der Waals surface area contributed by atoms with Crippen molar-refractivity contribution in [2.45, 2.75) is 0 Å². The quantitative estimate of drug-likeness (QED) is 0.814. The average Bonchev–Trinajstić information content (AvgIpc) is 2.29. The number of benzene rings is 1. The fourth-order valence-electron chi connectivity index (χ4n) is 1.47. The molecule has 2 rings (SSSR count). The summed E-state index contributed by atoms with van der Waals surface area (Å²) in [5.74, 6) is 1.32. The maximum absolute atomic E-state index is 9.55. The zero-order chi connectivity index (χ0) is 10.8. The molecule has 1 heterocycles. The highest BCUT2D eigenvalue weighted by Crippen LogP contribution is 2.32. The van der Waals surface area contributed by atoms with Crippen LogP contribution in [0.25, 0.3) is 10.8 Å². The molecule has 0 radical (unpaired) electrons. The van der Waals surface area contributed by atoms with Crippen LogP contribution in [0.2, 0.25) is 0 Å². The molecule has 0 unspecified atom stereocenters. The zero-order valence-electron chi connectivity index (χ0n) is 8.52. The van der Waals surface area contributed by atoms with E-state index in [1.54, 1.807) is 32.4 Å². The molecule has 0 atom stereocenters. The Morgan fingerprint density at radius 1 is 1.13 bits per heavy atom. The van der Waals surface area contributed by atoms with Crippen molar-refractivity contribution in [2.75, 3.05) is 14.2 Å². The standard InChI is InChI=1S/C11H11NO3/c1-14-7-3-4-8-9(5-7)10(15-2)6-12-11(8)13/h3-6H,1-2H3,(H,12,13). The molecular formula is C11H11NO3. The van der Waals surface area contributed by atoms with Crippen LogP contribution in [0, 0.1) is 0 Å². The van der Waals surface area contributed by atoms with Gasteiger partial charge in [-0.15, -0.1) is 0 Å². The summed E-state index contributed by atoms with van der Waals surface area (Å²) in [7, 11) is 3.15. The molecule has 0 spiro atoms. The highest BCUT2D eigenvalue weighted by Gasteiger charge is 2.07. The molecule has 0 bridgehead atoms. The van der Waals surface area contributed by atoms with Crippen molar-refractivity contribution in [3.8, 4) is 17.4 Å². The Balaban J connectivity index is 2.77. The first-order valence-corrected chi connectivity index (χ1v) is 4.46. The fourth-order valence-corrected chi connectivity index (χ4v) is 1.47. The van der Waals surface area contributed by atoms with Crippen LogP contribution in [0.5, 0.6) is 17.4 Å². The van der Waals surface area contributed by atoms with Crippen LogP contribution in [0.15, 0.2) is 24.4 Å². The largest absolute Gasteiger partial charge is 0.497 e. The molecule has 78 valence electrons. The van der Waals surface area contributed by atoms with Crippen LogP contribution < -0.4 is 9.47 Å². The highest BCUT2D eigenvalue weighted by molar-refractivity contribution is 5.92. The summed E-state index contributed by atoms with van der Waals surface area (Å²) < 4.78 is 10.3. The lowest BCUT2D eigenvalue weighted by molar-refractivity contribution is 0.408. The zero-order valence-corrected chi connectivity index (χ0v) is 8.52. The van der Waals surface area contributed by atoms with Crippen molar-refractivity contribution >= 4 is 10.8 Å². The van der Waals surface area contributed by atoms with Gasteiger partial charge >= 0.3 is 0 Å². The minimum Gasteiger partial charge on any atom is -0.497 e. The van der Waals surface area contributed by atoms with Crippen LogP contribution in [0.4, 0.5) is 0 Å². The van der Waals surface area contributed by atoms with Gasteiger partial charge in [-0.2, -0.15) is 0 Å². The van der Waals surface area contributed by atoms with Gasteiger partial charge in [-0.3, -0.25) is 0 Å². The van der Waals surface area contributed by atoms with Crippen molar-refractivity contribution in [3.63, 3.8) is 0 Å². The summed E-state index contributed by atoms with van der Waals surface area (Å²) in [6.45, 7) is 0. The monoisotopic (exact) mass is 205 g/mol. The van der Waals surface area contributed by atoms with Gasteiger partial charge in [-0.05, 0) is 18.2 Å². The molecule has 1 N–H and O–H groups in total. The Morgan fingerprint density at radius 3 is 2.60 bits per heavy atom. The maximum Gasteiger partial charge on any atom is 0.219 e. The van der Waals surface area contributed by atoms with E-state index in [1.165, 1.54) is 6.20 Å². The Hall–Kier alpha value is -1.97. The number of nitrogens with zero attached hydrogens (tertiary/aromatic N) is 1. The van der Waals surface area contributed by atoms with Gasteiger partial charge in [0, 0.05) is 10.8 Å². The van der Waals surface area contributed by atoms with Crippen molar-refractivity contribution in [1.29, 1.82) is 0 Å². The molecular weight excluding hydrogens is 194 g/mol. The number of pyridine rings is 1. The fraction of sp³-hybridized carbons (Fsp3) is 0.182. The third-order valence-electron chi connectivity index (χ3n) is 2.26. The number of rotatable bonds is 2. The first kappa shape index (κ1) is 9.58. The Bertz CT molecular complexity index is 496. The van der Waals surface area contributed by atoms with E-state index in [4.69, 9.17) is 9.47 Å². The second-order valence-corrected chi connectivity index (χ2v) is 3.06. The lowest BCUT2D eigenvalue weighted by atomic mass is 10.1. The average molecular weight is 205 g/mol. The van der Waals surface area contributed by atoms with Crippen molar-refractivity contribution in [3.05, 3.63) is 24.4 Å². The molecule has 0 amide bonds. The number of aromatic nitrogens is 1. The number of methoxy groups -OCH3 is 2. The van der Waals surface area contributed by atoms with E-state index in [0.717, 1.165) is 5.39 Å². The van der Waals surface area contributed by atoms with E-state index < -0.39 is 0 Å². The van der Waals surface area contributed by atoms with E-state index in [0.29, 0.717) is 16.9 Å². The molecule has 1 aromatic carbocycles. The molecule has 0 aliphatic carbocycles. The predicted octanol–water partition coefficient (Wildman–Crippen LogP) is 1.96. The van der Waals surface area contributed by atoms with Crippen LogP contribution in [-0.4, -0.2) is 24.3 Å². The number of ether oxygens (including phenoxy) is 2. The second kappa shape index (κ2) is 3.65. The summed E-state index contributed by atoms with van der Waals surface area (Å²) in [5.41, 5.74) is 0. The third-order valence-corrected chi connectivity index (χ3v) is 2.26. The van der Waals surface area contributed by atoms with Crippen LogP contribution in [-0.2, 0) is 0 Å². The van der Waals surface area contributed by atoms with Gasteiger partial charge < -0.3 is 14.6 Å². The highest BCUT2D eigenvalue weighted by atomic mass is 16.5. The van der Waals surface area contributed by atoms with Gasteiger partial charge in [0.1, 0.15) is 11.5 Å². The lowest BCUT2D eigenvalue weighted by Gasteiger charge is -2.07. The number of hydrogen-bond acceptors (Lipinski definition) is 4. The van der Waals surface area contributed by atoms with Gasteiger partial charge in [0.25, 0.3) is 0 Å². The maximum atomic E-state index is 9.55. The van der Waals surface area contributed by atoms with Crippen LogP contribution in [0.1, 0.15) is 0 Å². The van der Waals surface area contributed by atoms with Gasteiger partial charge in [0.05, 0.1) is 20.4 Å². The topological polar surface area (TPSA) is 51.6 Å². The van der Waals surface area contributed by atoms with Gasteiger partial charge in [-0.25, -0.2) is 4.98 Å². The smallest absolute Gasteiger partial charge is 0.219 e. The summed E-state index contributed by atoms with van der Waals surface area (Å²) >= 11 is 0. The number of aromatic hydroxyl groups is 1. The molecule has 1 aromatic heterocycles. The lowest BCUT2D eigenvalue weighted by Crippen LogP contribution is -1.89. The molecule has 4 nitrogen and oxygen atoms in total. The molecule has 0 aliphatic rings. The minimum absolute atomic E-state index is 0.00606. The Morgan fingerprint density at radius 2 is 1.93 bits per heavy atom. The normalized spacial score (nSPS) is 10.3. The first-order chi connectivity index (χ1) is 7.26. The first-order valence-electron chi connectivity index (χ1n) is 4.46. The Labute approximate surface area is 87.1 Å². The molecule has 15 heavy (non-hydrogen) atoms. The molecule has 0 fully saturated rings. The van der Waals surface area contributed by atoms with Crippen molar-refractivity contribution < 1.29 is 14.6 Å². The van der Waals surface area contributed by atoms with Gasteiger partial charge in [0.2, 0.25) is 5.88 Å². The predicted molar refractivity (Wildman–Crippen MR) is 56.5 cm³/mol. The number of fused-ring (bicyclic) bond motifs is 1. The summed E-state index contributed by atoms with van der Waals surface area (Å²) in [6.07, 6.45) is 1.48. The summed E-state index contributed by atoms with van der Waals surface area (Å²) in [5, 5.41) is 11.0. The molecule has 0 saturated carbocycles. The van der Waals surface area contributed by atoms with Gasteiger partial charge in [0.15, 0.2) is 0 Å². The second-order valence-electron chi connectivity index (χ2n) is 3.06. The van der Waals surface area contributed by atoms with E-state index in [9.17, 15) is 5.11 Å². The molecule has 4 heteroatoms. The van der Waals surface area contributed by atoms with Crippen molar-refractivity contribution in [2.24, 2.45) is 0 Å². The van der Waals surface area contributed by atoms with Crippen LogP contribution >= 0.6 is 0 Å². The van der Waals surface area contributed by atoms with Gasteiger partial charge in [-0.1, -0.05) is 0 Å². The molecule has 2 aromatic rings. The van der Waals surface area contributed by atoms with Crippen molar-refractivity contribution in [1.82, 2.24) is 4.98 Å². The molecule has 0 aliphatic heterocycles. The summed E-state index contributed by atoms with van der Waals surface area (Å²) in [4.78, 5) is 3.82. The van der Waals surface area contributed by atoms with E-state index in [1.807, 2.05) is 0 Å². The van der Waals surface area contributed by atoms with Crippen LogP contribution in [0.3, 0.4) is 0 Å².